The highest BCUT2D eigenvalue weighted by Crippen LogP contribution is 2.38. The summed E-state index contributed by atoms with van der Waals surface area (Å²) >= 11 is 0. The zero-order valence-corrected chi connectivity index (χ0v) is 16.4. The summed E-state index contributed by atoms with van der Waals surface area (Å²) in [5.41, 5.74) is 0.181. The van der Waals surface area contributed by atoms with Crippen LogP contribution in [-0.4, -0.2) is 68.4 Å². The first-order valence-corrected chi connectivity index (χ1v) is 9.33. The third kappa shape index (κ3) is 5.67. The highest BCUT2D eigenvalue weighted by molar-refractivity contribution is 5.93. The van der Waals surface area contributed by atoms with Crippen LogP contribution in [0.2, 0.25) is 0 Å². The van der Waals surface area contributed by atoms with Crippen LogP contribution in [0.3, 0.4) is 0 Å². The van der Waals surface area contributed by atoms with E-state index in [4.69, 9.17) is 0 Å². The van der Waals surface area contributed by atoms with Crippen LogP contribution in [0.1, 0.15) is 36.0 Å². The number of carbonyl (C=O) groups is 2. The molecule has 0 radical (unpaired) electrons. The van der Waals surface area contributed by atoms with Gasteiger partial charge in [0.25, 0.3) is 5.91 Å². The van der Waals surface area contributed by atoms with Crippen molar-refractivity contribution in [1.29, 1.82) is 0 Å². The molecule has 0 spiro atoms. The molecular formula is C19H30N6O2. The van der Waals surface area contributed by atoms with E-state index >= 15 is 0 Å². The van der Waals surface area contributed by atoms with Crippen molar-refractivity contribution in [3.8, 4) is 0 Å². The van der Waals surface area contributed by atoms with E-state index in [1.807, 2.05) is 0 Å². The molecule has 0 unspecified atom stereocenters. The molecule has 2 rings (SSSR count). The van der Waals surface area contributed by atoms with Crippen molar-refractivity contribution in [3.05, 3.63) is 30.1 Å². The Morgan fingerprint density at radius 3 is 2.48 bits per heavy atom. The Bertz CT molecular complexity index is 653. The Balaban J connectivity index is 1.77. The van der Waals surface area contributed by atoms with Gasteiger partial charge in [0.15, 0.2) is 5.96 Å². The van der Waals surface area contributed by atoms with E-state index in [1.54, 1.807) is 44.4 Å². The molecule has 27 heavy (non-hydrogen) atoms. The summed E-state index contributed by atoms with van der Waals surface area (Å²) in [5, 5.41) is 9.28. The molecule has 1 saturated carbocycles. The molecule has 0 aliphatic heterocycles. The van der Waals surface area contributed by atoms with Gasteiger partial charge in [-0.1, -0.05) is 12.8 Å². The summed E-state index contributed by atoms with van der Waals surface area (Å²) in [5.74, 6) is 0.643. The van der Waals surface area contributed by atoms with Gasteiger partial charge in [-0.25, -0.2) is 0 Å². The summed E-state index contributed by atoms with van der Waals surface area (Å²) in [6.07, 6.45) is 7.11. The molecule has 1 aliphatic carbocycles. The fourth-order valence-electron chi connectivity index (χ4n) is 3.42. The fourth-order valence-corrected chi connectivity index (χ4v) is 3.42. The second-order valence-corrected chi connectivity index (χ2v) is 7.04. The van der Waals surface area contributed by atoms with Crippen molar-refractivity contribution in [2.75, 3.05) is 40.8 Å². The predicted octanol–water partition coefficient (Wildman–Crippen LogP) is 0.625. The smallest absolute Gasteiger partial charge is 0.252 e. The molecule has 2 amide bonds. The number of carbonyl (C=O) groups excluding carboxylic acids is 2. The van der Waals surface area contributed by atoms with E-state index in [2.05, 4.69) is 25.9 Å². The molecule has 1 heterocycles. The molecule has 0 aromatic carbocycles. The Morgan fingerprint density at radius 1 is 1.19 bits per heavy atom. The molecule has 1 aromatic rings. The predicted molar refractivity (Wildman–Crippen MR) is 106 cm³/mol. The highest BCUT2D eigenvalue weighted by atomic mass is 16.2. The number of amides is 2. The first-order chi connectivity index (χ1) is 13.0. The van der Waals surface area contributed by atoms with Gasteiger partial charge in [0.2, 0.25) is 5.91 Å². The number of hydrogen-bond donors (Lipinski definition) is 3. The zero-order chi connectivity index (χ0) is 19.7. The highest BCUT2D eigenvalue weighted by Gasteiger charge is 2.42. The van der Waals surface area contributed by atoms with Crippen LogP contribution in [0.5, 0.6) is 0 Å². The SMILES string of the molecule is CN=C(NCCNC(=O)c1cccnc1)NCC1(C(=O)N(C)C)CCCC1. The minimum absolute atomic E-state index is 0.158. The van der Waals surface area contributed by atoms with Crippen molar-refractivity contribution in [1.82, 2.24) is 25.8 Å². The van der Waals surface area contributed by atoms with Crippen molar-refractivity contribution < 1.29 is 9.59 Å². The van der Waals surface area contributed by atoms with Crippen LogP contribution in [0, 0.1) is 5.41 Å². The summed E-state index contributed by atoms with van der Waals surface area (Å²) < 4.78 is 0. The van der Waals surface area contributed by atoms with Crippen LogP contribution in [0.25, 0.3) is 0 Å². The number of hydrogen-bond acceptors (Lipinski definition) is 4. The maximum atomic E-state index is 12.6. The minimum Gasteiger partial charge on any atom is -0.355 e. The number of nitrogens with one attached hydrogen (secondary N) is 3. The van der Waals surface area contributed by atoms with E-state index < -0.39 is 0 Å². The molecule has 1 aliphatic rings. The number of rotatable bonds is 7. The average molecular weight is 374 g/mol. The van der Waals surface area contributed by atoms with E-state index in [9.17, 15) is 9.59 Å². The first-order valence-electron chi connectivity index (χ1n) is 9.33. The number of pyridine rings is 1. The number of nitrogens with zero attached hydrogens (tertiary/aromatic N) is 3. The van der Waals surface area contributed by atoms with Gasteiger partial charge in [-0.15, -0.1) is 0 Å². The van der Waals surface area contributed by atoms with E-state index in [0.29, 0.717) is 31.2 Å². The molecule has 1 fully saturated rings. The molecule has 0 saturated heterocycles. The molecule has 1 aromatic heterocycles. The number of aromatic nitrogens is 1. The Labute approximate surface area is 160 Å². The zero-order valence-electron chi connectivity index (χ0n) is 16.4. The molecule has 0 bridgehead atoms. The summed E-state index contributed by atoms with van der Waals surface area (Å²) in [6.45, 7) is 1.54. The van der Waals surface area contributed by atoms with Gasteiger partial charge >= 0.3 is 0 Å². The quantitative estimate of drug-likeness (QED) is 0.369. The Morgan fingerprint density at radius 2 is 1.89 bits per heavy atom. The first kappa shape index (κ1) is 20.7. The van der Waals surface area contributed by atoms with Gasteiger partial charge in [-0.2, -0.15) is 0 Å². The Kier molecular flexibility index (Phi) is 7.57. The lowest BCUT2D eigenvalue weighted by Crippen LogP contribution is -2.50. The lowest BCUT2D eigenvalue weighted by Gasteiger charge is -2.31. The Hall–Kier alpha value is -2.64. The summed E-state index contributed by atoms with van der Waals surface area (Å²) in [7, 11) is 5.31. The largest absolute Gasteiger partial charge is 0.355 e. The molecule has 148 valence electrons. The second-order valence-electron chi connectivity index (χ2n) is 7.04. The normalized spacial score (nSPS) is 15.9. The number of guanidine groups is 1. The molecular weight excluding hydrogens is 344 g/mol. The van der Waals surface area contributed by atoms with Gasteiger partial charge in [0, 0.05) is 53.2 Å². The van der Waals surface area contributed by atoms with Crippen LogP contribution in [0.15, 0.2) is 29.5 Å². The van der Waals surface area contributed by atoms with Crippen LogP contribution >= 0.6 is 0 Å². The van der Waals surface area contributed by atoms with Crippen LogP contribution in [0.4, 0.5) is 0 Å². The van der Waals surface area contributed by atoms with Crippen LogP contribution < -0.4 is 16.0 Å². The monoisotopic (exact) mass is 374 g/mol. The van der Waals surface area contributed by atoms with E-state index in [-0.39, 0.29) is 17.2 Å². The third-order valence-corrected chi connectivity index (χ3v) is 4.87. The molecule has 0 atom stereocenters. The lowest BCUT2D eigenvalue weighted by molar-refractivity contribution is -0.138. The lowest BCUT2D eigenvalue weighted by atomic mass is 9.84. The van der Waals surface area contributed by atoms with Crippen molar-refractivity contribution in [2.45, 2.75) is 25.7 Å². The van der Waals surface area contributed by atoms with Gasteiger partial charge in [0.1, 0.15) is 0 Å². The second kappa shape index (κ2) is 9.89. The standard InChI is InChI=1S/C19H30N6O2/c1-20-18(23-12-11-22-16(26)15-7-6-10-21-13-15)24-14-19(8-4-5-9-19)17(27)25(2)3/h6-7,10,13H,4-5,8-9,11-12,14H2,1-3H3,(H,22,26)(H2,20,23,24). The van der Waals surface area contributed by atoms with Gasteiger partial charge < -0.3 is 20.9 Å². The van der Waals surface area contributed by atoms with Crippen molar-refractivity contribution in [2.24, 2.45) is 10.4 Å². The fraction of sp³-hybridized carbons (Fsp3) is 0.579. The van der Waals surface area contributed by atoms with Crippen molar-refractivity contribution >= 4 is 17.8 Å². The summed E-state index contributed by atoms with van der Waals surface area (Å²) in [6, 6.07) is 3.45. The maximum Gasteiger partial charge on any atom is 0.252 e. The van der Waals surface area contributed by atoms with Gasteiger partial charge in [-0.3, -0.25) is 19.6 Å². The van der Waals surface area contributed by atoms with Crippen LogP contribution in [-0.2, 0) is 4.79 Å². The van der Waals surface area contributed by atoms with Gasteiger partial charge in [0.05, 0.1) is 11.0 Å². The molecule has 8 nitrogen and oxygen atoms in total. The maximum absolute atomic E-state index is 12.6. The molecule has 8 heteroatoms. The van der Waals surface area contributed by atoms with E-state index in [0.717, 1.165) is 25.7 Å². The minimum atomic E-state index is -0.352. The molecule has 3 N–H and O–H groups in total. The third-order valence-electron chi connectivity index (χ3n) is 4.87. The van der Waals surface area contributed by atoms with Gasteiger partial charge in [-0.05, 0) is 25.0 Å². The summed E-state index contributed by atoms with van der Waals surface area (Å²) in [4.78, 5) is 34.4. The topological polar surface area (TPSA) is 98.7 Å². The van der Waals surface area contributed by atoms with E-state index in [1.165, 1.54) is 6.20 Å². The number of aliphatic imine (C=N–C) groups is 1. The average Bonchev–Trinajstić information content (AvgIpc) is 3.17. The van der Waals surface area contributed by atoms with Crippen molar-refractivity contribution in [3.63, 3.8) is 0 Å².